The summed E-state index contributed by atoms with van der Waals surface area (Å²) in [5.74, 6) is 0.613. The molecule has 1 aromatic heterocycles. The topological polar surface area (TPSA) is 51.7 Å². The Morgan fingerprint density at radius 2 is 2.16 bits per heavy atom. The Morgan fingerprint density at radius 1 is 1.53 bits per heavy atom. The van der Waals surface area contributed by atoms with Crippen LogP contribution in [0.15, 0.2) is 6.20 Å². The van der Waals surface area contributed by atoms with E-state index in [-0.39, 0.29) is 12.0 Å². The summed E-state index contributed by atoms with van der Waals surface area (Å²) in [6.07, 6.45) is 1.56. The normalized spacial score (nSPS) is 15.8. The Kier molecular flexibility index (Phi) is 3.23. The van der Waals surface area contributed by atoms with Gasteiger partial charge in [0.15, 0.2) is 0 Å². The van der Waals surface area contributed by atoms with Crippen LogP contribution in [0.4, 0.5) is 10.6 Å². The van der Waals surface area contributed by atoms with E-state index in [9.17, 15) is 4.79 Å². The molecule has 0 atom stereocenters. The molecule has 6 nitrogen and oxygen atoms in total. The Morgan fingerprint density at radius 3 is 2.68 bits per heavy atom. The maximum atomic E-state index is 11.8. The summed E-state index contributed by atoms with van der Waals surface area (Å²) in [6.45, 7) is 13.8. The Bertz CT molecular complexity index is 530. The van der Waals surface area contributed by atoms with E-state index in [1.165, 1.54) is 0 Å². The van der Waals surface area contributed by atoms with Crippen LogP contribution < -0.4 is 0 Å². The quantitative estimate of drug-likeness (QED) is 0.730. The van der Waals surface area contributed by atoms with Crippen molar-refractivity contribution in [3.63, 3.8) is 0 Å². The van der Waals surface area contributed by atoms with Crippen LogP contribution in [0.3, 0.4) is 0 Å². The molecule has 0 N–H and O–H groups in total. The second kappa shape index (κ2) is 4.57. The predicted octanol–water partition coefficient (Wildman–Crippen LogP) is 2.31. The van der Waals surface area contributed by atoms with Crippen molar-refractivity contribution in [1.29, 1.82) is 0 Å². The number of amides is 1. The summed E-state index contributed by atoms with van der Waals surface area (Å²) in [6, 6.07) is 0. The summed E-state index contributed by atoms with van der Waals surface area (Å²) >= 11 is 0. The van der Waals surface area contributed by atoms with Crippen LogP contribution >= 0.6 is 0 Å². The number of nitrogens with zero attached hydrogens (tertiary/aromatic N) is 4. The third-order valence-corrected chi connectivity index (χ3v) is 2.92. The lowest BCUT2D eigenvalue weighted by molar-refractivity contribution is 0.00824. The lowest BCUT2D eigenvalue weighted by atomic mass is 9.94. The van der Waals surface area contributed by atoms with Gasteiger partial charge in [0.1, 0.15) is 5.60 Å². The third kappa shape index (κ3) is 2.87. The maximum Gasteiger partial charge on any atom is 0.410 e. The fraction of sp³-hybridized carbons (Fsp3) is 0.615. The van der Waals surface area contributed by atoms with Gasteiger partial charge < -0.3 is 14.5 Å². The number of carbonyl (C=O) groups is 1. The largest absolute Gasteiger partial charge is 0.444 e. The monoisotopic (exact) mass is 262 g/mol. The average Bonchev–Trinajstić information content (AvgIpc) is 2.54. The van der Waals surface area contributed by atoms with Crippen LogP contribution in [0.5, 0.6) is 0 Å². The van der Waals surface area contributed by atoms with E-state index in [4.69, 9.17) is 11.3 Å². The van der Waals surface area contributed by atoms with Gasteiger partial charge in [-0.25, -0.2) is 9.48 Å². The highest BCUT2D eigenvalue weighted by Gasteiger charge is 2.36. The molecule has 0 unspecified atom stereocenters. The summed E-state index contributed by atoms with van der Waals surface area (Å²) < 4.78 is 6.93. The van der Waals surface area contributed by atoms with Gasteiger partial charge in [0, 0.05) is 37.8 Å². The van der Waals surface area contributed by atoms with Crippen LogP contribution in [0, 0.1) is 6.57 Å². The Labute approximate surface area is 112 Å². The van der Waals surface area contributed by atoms with Crippen molar-refractivity contribution in [2.24, 2.45) is 7.05 Å². The molecule has 6 heteroatoms. The second-order valence-corrected chi connectivity index (χ2v) is 5.78. The molecule has 0 radical (unpaired) electrons. The number of hydrogen-bond donors (Lipinski definition) is 0. The van der Waals surface area contributed by atoms with Crippen molar-refractivity contribution in [2.45, 2.75) is 32.3 Å². The molecule has 1 fully saturated rings. The summed E-state index contributed by atoms with van der Waals surface area (Å²) in [5.41, 5.74) is 0.440. The zero-order chi connectivity index (χ0) is 14.2. The molecule has 0 aromatic carbocycles. The van der Waals surface area contributed by atoms with Crippen LogP contribution in [0.25, 0.3) is 4.85 Å². The van der Waals surface area contributed by atoms with Gasteiger partial charge in [-0.1, -0.05) is 6.57 Å². The van der Waals surface area contributed by atoms with Crippen LogP contribution in [-0.2, 0) is 11.8 Å². The minimum atomic E-state index is -0.474. The molecule has 0 bridgehead atoms. The van der Waals surface area contributed by atoms with Gasteiger partial charge >= 0.3 is 6.09 Å². The molecule has 1 aliphatic heterocycles. The highest BCUT2D eigenvalue weighted by Crippen LogP contribution is 2.33. The van der Waals surface area contributed by atoms with Crippen molar-refractivity contribution < 1.29 is 9.53 Å². The smallest absolute Gasteiger partial charge is 0.410 e. The van der Waals surface area contributed by atoms with Gasteiger partial charge in [0.2, 0.25) is 0 Å². The van der Waals surface area contributed by atoms with E-state index in [2.05, 4.69) is 9.94 Å². The van der Waals surface area contributed by atoms with E-state index in [0.717, 1.165) is 5.56 Å². The van der Waals surface area contributed by atoms with E-state index in [1.807, 2.05) is 27.0 Å². The number of hydrogen-bond acceptors (Lipinski definition) is 3. The SMILES string of the molecule is [C-]#[N+]c1nn(C)cc1C1CN(C(=O)OC(C)(C)C)C1. The third-order valence-electron chi connectivity index (χ3n) is 2.92. The highest BCUT2D eigenvalue weighted by atomic mass is 16.6. The fourth-order valence-electron chi connectivity index (χ4n) is 2.02. The minimum Gasteiger partial charge on any atom is -0.444 e. The zero-order valence-electron chi connectivity index (χ0n) is 11.7. The number of aromatic nitrogens is 2. The zero-order valence-corrected chi connectivity index (χ0v) is 11.7. The number of carbonyl (C=O) groups excluding carboxylic acids is 1. The van der Waals surface area contributed by atoms with Gasteiger partial charge in [-0.2, -0.15) is 0 Å². The molecule has 1 aliphatic rings. The number of likely N-dealkylation sites (tertiary alicyclic amines) is 1. The van der Waals surface area contributed by atoms with Crippen molar-refractivity contribution >= 4 is 11.9 Å². The maximum absolute atomic E-state index is 11.8. The molecule has 2 heterocycles. The van der Waals surface area contributed by atoms with Gasteiger partial charge in [-0.05, 0) is 25.9 Å². The molecule has 19 heavy (non-hydrogen) atoms. The van der Waals surface area contributed by atoms with E-state index < -0.39 is 5.60 Å². The van der Waals surface area contributed by atoms with Crippen molar-refractivity contribution in [1.82, 2.24) is 14.7 Å². The van der Waals surface area contributed by atoms with Crippen molar-refractivity contribution in [2.75, 3.05) is 13.1 Å². The van der Waals surface area contributed by atoms with Gasteiger partial charge in [0.05, 0.1) is 0 Å². The highest BCUT2D eigenvalue weighted by molar-refractivity contribution is 5.70. The first-order valence-corrected chi connectivity index (χ1v) is 6.19. The second-order valence-electron chi connectivity index (χ2n) is 5.78. The lowest BCUT2D eigenvalue weighted by Gasteiger charge is -2.39. The molecule has 102 valence electrons. The van der Waals surface area contributed by atoms with Crippen LogP contribution in [-0.4, -0.2) is 39.5 Å². The summed E-state index contributed by atoms with van der Waals surface area (Å²) in [5, 5.41) is 4.09. The summed E-state index contributed by atoms with van der Waals surface area (Å²) in [7, 11) is 1.79. The number of aryl methyl sites for hydroxylation is 1. The van der Waals surface area contributed by atoms with Gasteiger partial charge in [0.25, 0.3) is 5.82 Å². The molecule has 1 amide bonds. The number of rotatable bonds is 1. The van der Waals surface area contributed by atoms with Gasteiger partial charge in [-0.15, -0.1) is 0 Å². The molecule has 1 aromatic rings. The number of ether oxygens (including phenoxy) is 1. The van der Waals surface area contributed by atoms with Crippen molar-refractivity contribution in [3.05, 3.63) is 23.2 Å². The molecule has 0 saturated carbocycles. The first-order valence-electron chi connectivity index (χ1n) is 6.19. The van der Waals surface area contributed by atoms with Crippen LogP contribution in [0.2, 0.25) is 0 Å². The Hall–Kier alpha value is -2.03. The molecular formula is C13H18N4O2. The predicted molar refractivity (Wildman–Crippen MR) is 70.0 cm³/mol. The molecule has 1 saturated heterocycles. The van der Waals surface area contributed by atoms with E-state index in [0.29, 0.717) is 18.9 Å². The van der Waals surface area contributed by atoms with Gasteiger partial charge in [-0.3, -0.25) is 0 Å². The molecule has 0 aliphatic carbocycles. The molecular weight excluding hydrogens is 244 g/mol. The Balaban J connectivity index is 1.96. The lowest BCUT2D eigenvalue weighted by Crippen LogP contribution is -2.50. The van der Waals surface area contributed by atoms with Crippen molar-refractivity contribution in [3.8, 4) is 0 Å². The average molecular weight is 262 g/mol. The first-order chi connectivity index (χ1) is 8.80. The van der Waals surface area contributed by atoms with Crippen LogP contribution in [0.1, 0.15) is 32.3 Å². The molecule has 0 spiro atoms. The van der Waals surface area contributed by atoms with E-state index >= 15 is 0 Å². The standard InChI is InChI=1S/C13H18N4O2/c1-13(2,3)19-12(18)17-6-9(7-17)10-8-16(5)15-11(10)14-4/h8-9H,6-7H2,1-3,5H3. The molecule has 2 rings (SSSR count). The summed E-state index contributed by atoms with van der Waals surface area (Å²) in [4.78, 5) is 16.9. The minimum absolute atomic E-state index is 0.185. The fourth-order valence-corrected chi connectivity index (χ4v) is 2.02. The first kappa shape index (κ1) is 13.4. The van der Waals surface area contributed by atoms with E-state index in [1.54, 1.807) is 16.6 Å².